The van der Waals surface area contributed by atoms with Gasteiger partial charge >= 0.3 is 0 Å². The number of rotatable bonds is 3. The Labute approximate surface area is 127 Å². The molecule has 5 heteroatoms. The fourth-order valence-corrected chi connectivity index (χ4v) is 3.07. The van der Waals surface area contributed by atoms with Gasteiger partial charge in [-0.1, -0.05) is 22.9 Å². The third kappa shape index (κ3) is 2.36. The zero-order chi connectivity index (χ0) is 14.1. The summed E-state index contributed by atoms with van der Waals surface area (Å²) in [5, 5.41) is 7.73. The lowest BCUT2D eigenvalue weighted by Gasteiger charge is -2.25. The summed E-state index contributed by atoms with van der Waals surface area (Å²) < 4.78 is 6.52. The van der Waals surface area contributed by atoms with Crippen molar-refractivity contribution < 1.29 is 4.74 Å². The largest absolute Gasteiger partial charge is 0.496 e. The number of H-pyrrole nitrogens is 1. The van der Waals surface area contributed by atoms with Crippen LogP contribution in [0.15, 0.2) is 22.7 Å². The minimum absolute atomic E-state index is 0.858. The number of nitrogens with zero attached hydrogens (tertiary/aromatic N) is 2. The van der Waals surface area contributed by atoms with Crippen LogP contribution in [0.1, 0.15) is 18.2 Å². The highest BCUT2D eigenvalue weighted by molar-refractivity contribution is 9.10. The van der Waals surface area contributed by atoms with Gasteiger partial charge in [-0.15, -0.1) is 0 Å². The van der Waals surface area contributed by atoms with E-state index in [1.807, 2.05) is 12.1 Å². The van der Waals surface area contributed by atoms with Crippen LogP contribution in [0.5, 0.6) is 5.75 Å². The number of halogens is 1. The van der Waals surface area contributed by atoms with Gasteiger partial charge in [0.2, 0.25) is 0 Å². The van der Waals surface area contributed by atoms with Crippen LogP contribution in [0.25, 0.3) is 11.3 Å². The lowest BCUT2D eigenvalue weighted by molar-refractivity contribution is 0.267. The fourth-order valence-electron chi connectivity index (χ4n) is 2.71. The predicted octanol–water partition coefficient (Wildman–Crippen LogP) is 3.23. The van der Waals surface area contributed by atoms with Gasteiger partial charge in [0, 0.05) is 40.8 Å². The fraction of sp³-hybridized carbons (Fsp3) is 0.400. The van der Waals surface area contributed by atoms with E-state index >= 15 is 0 Å². The highest BCUT2D eigenvalue weighted by Crippen LogP contribution is 2.36. The smallest absolute Gasteiger partial charge is 0.128 e. The van der Waals surface area contributed by atoms with E-state index in [1.54, 1.807) is 7.11 Å². The third-order valence-electron chi connectivity index (χ3n) is 3.88. The van der Waals surface area contributed by atoms with Gasteiger partial charge in [0.1, 0.15) is 11.4 Å². The van der Waals surface area contributed by atoms with Gasteiger partial charge in [0.25, 0.3) is 0 Å². The highest BCUT2D eigenvalue weighted by atomic mass is 79.9. The van der Waals surface area contributed by atoms with Gasteiger partial charge in [-0.05, 0) is 24.7 Å². The second kappa shape index (κ2) is 5.58. The van der Waals surface area contributed by atoms with Crippen molar-refractivity contribution in [2.75, 3.05) is 20.2 Å². The van der Waals surface area contributed by atoms with Crippen molar-refractivity contribution in [1.29, 1.82) is 0 Å². The molecule has 1 aromatic heterocycles. The van der Waals surface area contributed by atoms with Crippen molar-refractivity contribution in [2.45, 2.75) is 19.9 Å². The Balaban J connectivity index is 2.08. The molecule has 0 fully saturated rings. The molecule has 0 radical (unpaired) electrons. The number of aromatic nitrogens is 2. The molecule has 0 saturated heterocycles. The standard InChI is InChI=1S/C15H18BrN3O/c1-3-19-7-6-13-12(9-19)15(18-17-13)11-8-10(16)4-5-14(11)20-2/h4-5,8H,3,6-7,9H2,1-2H3,(H,17,18). The third-order valence-corrected chi connectivity index (χ3v) is 4.37. The summed E-state index contributed by atoms with van der Waals surface area (Å²) >= 11 is 3.53. The van der Waals surface area contributed by atoms with Gasteiger partial charge < -0.3 is 4.74 Å². The molecule has 1 N–H and O–H groups in total. The molecule has 2 heterocycles. The maximum atomic E-state index is 5.48. The van der Waals surface area contributed by atoms with E-state index in [0.29, 0.717) is 0 Å². The van der Waals surface area contributed by atoms with Gasteiger partial charge in [0.05, 0.1) is 7.11 Å². The number of likely N-dealkylation sites (N-methyl/N-ethyl adjacent to an activating group) is 1. The van der Waals surface area contributed by atoms with Gasteiger partial charge in [-0.25, -0.2) is 0 Å². The molecule has 0 atom stereocenters. The number of aromatic amines is 1. The van der Waals surface area contributed by atoms with E-state index in [4.69, 9.17) is 4.74 Å². The molecule has 0 bridgehead atoms. The average Bonchev–Trinajstić information content (AvgIpc) is 2.89. The number of ether oxygens (including phenoxy) is 1. The SMILES string of the molecule is CCN1CCc2[nH]nc(-c3cc(Br)ccc3OC)c2C1. The van der Waals surface area contributed by atoms with Crippen molar-refractivity contribution in [2.24, 2.45) is 0 Å². The quantitative estimate of drug-likeness (QED) is 0.936. The van der Waals surface area contributed by atoms with Crippen molar-refractivity contribution in [3.05, 3.63) is 33.9 Å². The predicted molar refractivity (Wildman–Crippen MR) is 82.9 cm³/mol. The molecule has 3 rings (SSSR count). The molecule has 0 unspecified atom stereocenters. The van der Waals surface area contributed by atoms with E-state index in [1.165, 1.54) is 11.3 Å². The maximum Gasteiger partial charge on any atom is 0.128 e. The number of methoxy groups -OCH3 is 1. The molecule has 20 heavy (non-hydrogen) atoms. The molecule has 0 aliphatic carbocycles. The summed E-state index contributed by atoms with van der Waals surface area (Å²) in [6.45, 7) is 5.32. The van der Waals surface area contributed by atoms with Crippen molar-refractivity contribution >= 4 is 15.9 Å². The van der Waals surface area contributed by atoms with Crippen LogP contribution < -0.4 is 4.74 Å². The van der Waals surface area contributed by atoms with Crippen molar-refractivity contribution in [3.8, 4) is 17.0 Å². The minimum atomic E-state index is 0.858. The summed E-state index contributed by atoms with van der Waals surface area (Å²) in [6.07, 6.45) is 1.03. The summed E-state index contributed by atoms with van der Waals surface area (Å²) in [5.41, 5.74) is 4.61. The van der Waals surface area contributed by atoms with E-state index in [-0.39, 0.29) is 0 Å². The molecule has 106 valence electrons. The molecule has 1 aliphatic rings. The second-order valence-corrected chi connectivity index (χ2v) is 5.91. The number of hydrogen-bond donors (Lipinski definition) is 1. The number of hydrogen-bond acceptors (Lipinski definition) is 3. The van der Waals surface area contributed by atoms with Crippen LogP contribution in [-0.2, 0) is 13.0 Å². The van der Waals surface area contributed by atoms with Crippen LogP contribution in [-0.4, -0.2) is 35.3 Å². The van der Waals surface area contributed by atoms with Crippen molar-refractivity contribution in [1.82, 2.24) is 15.1 Å². The molecular formula is C15H18BrN3O. The van der Waals surface area contributed by atoms with Gasteiger partial charge in [-0.3, -0.25) is 10.00 Å². The highest BCUT2D eigenvalue weighted by Gasteiger charge is 2.23. The molecule has 0 amide bonds. The van der Waals surface area contributed by atoms with Crippen LogP contribution in [0.4, 0.5) is 0 Å². The lowest BCUT2D eigenvalue weighted by atomic mass is 10.0. The first kappa shape index (κ1) is 13.6. The molecule has 4 nitrogen and oxygen atoms in total. The lowest BCUT2D eigenvalue weighted by Crippen LogP contribution is -2.30. The Morgan fingerprint density at radius 1 is 1.45 bits per heavy atom. The molecule has 1 aromatic carbocycles. The first-order valence-corrected chi connectivity index (χ1v) is 7.64. The first-order chi connectivity index (χ1) is 9.72. The Morgan fingerprint density at radius 2 is 2.30 bits per heavy atom. The molecule has 0 saturated carbocycles. The maximum absolute atomic E-state index is 5.48. The summed E-state index contributed by atoms with van der Waals surface area (Å²) in [5.74, 6) is 0.858. The molecule has 2 aromatic rings. The first-order valence-electron chi connectivity index (χ1n) is 6.85. The zero-order valence-corrected chi connectivity index (χ0v) is 13.3. The second-order valence-electron chi connectivity index (χ2n) is 4.99. The Morgan fingerprint density at radius 3 is 3.05 bits per heavy atom. The van der Waals surface area contributed by atoms with E-state index in [9.17, 15) is 0 Å². The normalized spacial score (nSPS) is 15.2. The topological polar surface area (TPSA) is 41.2 Å². The number of benzene rings is 1. The van der Waals surface area contributed by atoms with E-state index < -0.39 is 0 Å². The Kier molecular flexibility index (Phi) is 3.81. The monoisotopic (exact) mass is 335 g/mol. The Bertz CT molecular complexity index is 624. The van der Waals surface area contributed by atoms with Gasteiger partial charge in [-0.2, -0.15) is 5.10 Å². The Hall–Kier alpha value is -1.33. The molecule has 0 spiro atoms. The van der Waals surface area contributed by atoms with Crippen LogP contribution in [0, 0.1) is 0 Å². The summed E-state index contributed by atoms with van der Waals surface area (Å²) in [6, 6.07) is 6.03. The van der Waals surface area contributed by atoms with Gasteiger partial charge in [0.15, 0.2) is 0 Å². The average molecular weight is 336 g/mol. The minimum Gasteiger partial charge on any atom is -0.496 e. The van der Waals surface area contributed by atoms with Crippen LogP contribution in [0.2, 0.25) is 0 Å². The zero-order valence-electron chi connectivity index (χ0n) is 11.7. The molecular weight excluding hydrogens is 318 g/mol. The van der Waals surface area contributed by atoms with E-state index in [0.717, 1.165) is 47.5 Å². The van der Waals surface area contributed by atoms with Crippen molar-refractivity contribution in [3.63, 3.8) is 0 Å². The van der Waals surface area contributed by atoms with Crippen LogP contribution in [0.3, 0.4) is 0 Å². The molecule has 1 aliphatic heterocycles. The number of fused-ring (bicyclic) bond motifs is 1. The van der Waals surface area contributed by atoms with Crippen LogP contribution >= 0.6 is 15.9 Å². The summed E-state index contributed by atoms with van der Waals surface area (Å²) in [4.78, 5) is 2.44. The number of nitrogens with one attached hydrogen (secondary N) is 1. The summed E-state index contributed by atoms with van der Waals surface area (Å²) in [7, 11) is 1.70. The van der Waals surface area contributed by atoms with E-state index in [2.05, 4.69) is 44.0 Å².